The molecule has 1 amide bonds. The molecule has 0 bridgehead atoms. The highest BCUT2D eigenvalue weighted by Gasteiger charge is 2.11. The largest absolute Gasteiger partial charge is 0.506 e. The van der Waals surface area contributed by atoms with E-state index >= 15 is 0 Å². The first-order valence-corrected chi connectivity index (χ1v) is 7.67. The Morgan fingerprint density at radius 3 is 2.64 bits per heavy atom. The van der Waals surface area contributed by atoms with Gasteiger partial charge in [-0.2, -0.15) is 0 Å². The molecule has 0 heterocycles. The Bertz CT molecular complexity index is 870. The van der Waals surface area contributed by atoms with Crippen LogP contribution in [0.2, 0.25) is 5.02 Å². The van der Waals surface area contributed by atoms with Gasteiger partial charge in [-0.1, -0.05) is 29.8 Å². The van der Waals surface area contributed by atoms with Gasteiger partial charge in [0.2, 0.25) is 5.91 Å². The maximum Gasteiger partial charge on any atom is 0.273 e. The monoisotopic (exact) mass is 377 g/mol. The number of non-ortho nitro benzene ring substituents is 1. The first-order valence-electron chi connectivity index (χ1n) is 6.89. The van der Waals surface area contributed by atoms with Gasteiger partial charge in [0, 0.05) is 17.2 Å². The van der Waals surface area contributed by atoms with E-state index in [0.29, 0.717) is 10.6 Å². The Morgan fingerprint density at radius 2 is 2.00 bits per heavy atom. The molecular weight excluding hydrogens is 366 g/mol. The predicted octanol–water partition coefficient (Wildman–Crippen LogP) is 3.48. The van der Waals surface area contributed by atoms with Gasteiger partial charge in [-0.05, 0) is 36.0 Å². The lowest BCUT2D eigenvalue weighted by Crippen LogP contribution is -2.32. The number of nitro groups is 1. The van der Waals surface area contributed by atoms with E-state index in [4.69, 9.17) is 23.8 Å². The van der Waals surface area contributed by atoms with Gasteiger partial charge in [-0.15, -0.1) is 0 Å². The van der Waals surface area contributed by atoms with E-state index in [1.807, 2.05) is 0 Å². The molecule has 25 heavy (non-hydrogen) atoms. The lowest BCUT2D eigenvalue weighted by Gasteiger charge is -2.09. The fourth-order valence-electron chi connectivity index (χ4n) is 1.82. The quantitative estimate of drug-likeness (QED) is 0.248. The van der Waals surface area contributed by atoms with Crippen LogP contribution in [0.5, 0.6) is 5.75 Å². The van der Waals surface area contributed by atoms with Crippen molar-refractivity contribution < 1.29 is 14.8 Å². The van der Waals surface area contributed by atoms with Crippen molar-refractivity contribution in [3.8, 4) is 5.75 Å². The van der Waals surface area contributed by atoms with Crippen molar-refractivity contribution in [2.24, 2.45) is 0 Å². The van der Waals surface area contributed by atoms with Crippen LogP contribution in [0, 0.1) is 10.1 Å². The van der Waals surface area contributed by atoms with E-state index in [1.165, 1.54) is 24.3 Å². The first-order chi connectivity index (χ1) is 11.9. The summed E-state index contributed by atoms with van der Waals surface area (Å²) >= 11 is 10.9. The van der Waals surface area contributed by atoms with Crippen molar-refractivity contribution in [2.45, 2.75) is 0 Å². The molecule has 0 aliphatic carbocycles. The molecule has 0 aliphatic rings. The second-order valence-corrected chi connectivity index (χ2v) is 5.57. The summed E-state index contributed by atoms with van der Waals surface area (Å²) in [5.74, 6) is -0.865. The molecule has 0 spiro atoms. The zero-order valence-corrected chi connectivity index (χ0v) is 14.2. The summed E-state index contributed by atoms with van der Waals surface area (Å²) < 4.78 is 0. The molecule has 3 N–H and O–H groups in total. The van der Waals surface area contributed by atoms with Gasteiger partial charge in [-0.3, -0.25) is 20.2 Å². The van der Waals surface area contributed by atoms with Crippen molar-refractivity contribution in [1.29, 1.82) is 0 Å². The average Bonchev–Trinajstić information content (AvgIpc) is 2.55. The predicted molar refractivity (Wildman–Crippen MR) is 99.6 cm³/mol. The van der Waals surface area contributed by atoms with Crippen LogP contribution in [0.3, 0.4) is 0 Å². The summed E-state index contributed by atoms with van der Waals surface area (Å²) in [6.07, 6.45) is 2.79. The molecule has 9 heteroatoms. The number of benzene rings is 2. The number of phenolic OH excluding ortho intramolecular Hbond substituents is 1. The molecule has 128 valence electrons. The standard InChI is InChI=1S/C16H12ClN3O4S/c17-12-4-2-1-3-10(12)5-8-15(22)19-16(25)18-13-7-6-11(20(23)24)9-14(13)21/h1-9,21H,(H2,18,19,22,25). The van der Waals surface area contributed by atoms with Crippen LogP contribution in [-0.4, -0.2) is 21.0 Å². The number of hydrogen-bond donors (Lipinski definition) is 3. The molecule has 0 fully saturated rings. The number of carbonyl (C=O) groups is 1. The van der Waals surface area contributed by atoms with Crippen LogP contribution in [0.15, 0.2) is 48.5 Å². The normalized spacial score (nSPS) is 10.4. The lowest BCUT2D eigenvalue weighted by molar-refractivity contribution is -0.384. The fourth-order valence-corrected chi connectivity index (χ4v) is 2.23. The van der Waals surface area contributed by atoms with Crippen LogP contribution < -0.4 is 10.6 Å². The number of anilines is 1. The van der Waals surface area contributed by atoms with E-state index in [9.17, 15) is 20.0 Å². The van der Waals surface area contributed by atoms with Gasteiger partial charge in [0.1, 0.15) is 5.75 Å². The molecule has 0 saturated carbocycles. The van der Waals surface area contributed by atoms with E-state index < -0.39 is 10.8 Å². The number of phenols is 1. The smallest absolute Gasteiger partial charge is 0.273 e. The van der Waals surface area contributed by atoms with Crippen molar-refractivity contribution in [3.63, 3.8) is 0 Å². The van der Waals surface area contributed by atoms with Crippen LogP contribution in [0.1, 0.15) is 5.56 Å². The summed E-state index contributed by atoms with van der Waals surface area (Å²) in [5.41, 5.74) is 0.540. The molecule has 0 unspecified atom stereocenters. The van der Waals surface area contributed by atoms with E-state index in [1.54, 1.807) is 24.3 Å². The molecular formula is C16H12ClN3O4S. The third-order valence-corrected chi connectivity index (χ3v) is 3.54. The second-order valence-electron chi connectivity index (χ2n) is 4.76. The van der Waals surface area contributed by atoms with Gasteiger partial charge in [-0.25, -0.2) is 0 Å². The number of aromatic hydroxyl groups is 1. The third kappa shape index (κ3) is 5.27. The summed E-state index contributed by atoms with van der Waals surface area (Å²) in [6.45, 7) is 0. The van der Waals surface area contributed by atoms with Crippen LogP contribution in [0.25, 0.3) is 6.08 Å². The summed E-state index contributed by atoms with van der Waals surface area (Å²) in [7, 11) is 0. The van der Waals surface area contributed by atoms with Gasteiger partial charge < -0.3 is 10.4 Å². The molecule has 7 nitrogen and oxygen atoms in total. The highest BCUT2D eigenvalue weighted by atomic mass is 35.5. The topological polar surface area (TPSA) is 104 Å². The molecule has 2 aromatic rings. The van der Waals surface area contributed by atoms with Crippen molar-refractivity contribution in [2.75, 3.05) is 5.32 Å². The number of halogens is 1. The van der Waals surface area contributed by atoms with E-state index in [2.05, 4.69) is 10.6 Å². The maximum atomic E-state index is 11.8. The van der Waals surface area contributed by atoms with Crippen LogP contribution >= 0.6 is 23.8 Å². The zero-order valence-electron chi connectivity index (χ0n) is 12.6. The van der Waals surface area contributed by atoms with Gasteiger partial charge in [0.15, 0.2) is 5.11 Å². The maximum absolute atomic E-state index is 11.8. The first kappa shape index (κ1) is 18.4. The minimum atomic E-state index is -0.636. The van der Waals surface area contributed by atoms with E-state index in [0.717, 1.165) is 6.07 Å². The van der Waals surface area contributed by atoms with Crippen molar-refractivity contribution in [3.05, 3.63) is 69.2 Å². The number of thiocarbonyl (C=S) groups is 1. The van der Waals surface area contributed by atoms with Crippen LogP contribution in [-0.2, 0) is 4.79 Å². The summed E-state index contributed by atoms with van der Waals surface area (Å²) in [5, 5.41) is 25.8. The van der Waals surface area contributed by atoms with Gasteiger partial charge >= 0.3 is 0 Å². The second kappa shape index (κ2) is 8.22. The Labute approximate surface area is 153 Å². The molecule has 0 radical (unpaired) electrons. The fraction of sp³-hybridized carbons (Fsp3) is 0. The average molecular weight is 378 g/mol. The zero-order chi connectivity index (χ0) is 18.4. The number of hydrogen-bond acceptors (Lipinski definition) is 5. The number of nitro benzene ring substituents is 1. The van der Waals surface area contributed by atoms with Crippen molar-refractivity contribution >= 4 is 52.3 Å². The van der Waals surface area contributed by atoms with Crippen molar-refractivity contribution in [1.82, 2.24) is 5.32 Å². The minimum absolute atomic E-state index is 0.0713. The molecule has 0 aromatic heterocycles. The highest BCUT2D eigenvalue weighted by molar-refractivity contribution is 7.80. The van der Waals surface area contributed by atoms with Gasteiger partial charge in [0.05, 0.1) is 16.7 Å². The Morgan fingerprint density at radius 1 is 1.28 bits per heavy atom. The minimum Gasteiger partial charge on any atom is -0.506 e. The van der Waals surface area contributed by atoms with Crippen LogP contribution in [0.4, 0.5) is 11.4 Å². The van der Waals surface area contributed by atoms with E-state index in [-0.39, 0.29) is 22.2 Å². The van der Waals surface area contributed by atoms with Gasteiger partial charge in [0.25, 0.3) is 5.69 Å². The molecule has 0 atom stereocenters. The highest BCUT2D eigenvalue weighted by Crippen LogP contribution is 2.27. The molecule has 0 aliphatic heterocycles. The summed E-state index contributed by atoms with van der Waals surface area (Å²) in [4.78, 5) is 21.8. The Kier molecular flexibility index (Phi) is 6.04. The molecule has 0 saturated heterocycles. The Balaban J connectivity index is 1.97. The Hall–Kier alpha value is -2.97. The number of nitrogens with zero attached hydrogens (tertiary/aromatic N) is 1. The number of carbonyl (C=O) groups excluding carboxylic acids is 1. The summed E-state index contributed by atoms with van der Waals surface area (Å²) in [6, 6.07) is 10.5. The SMILES string of the molecule is O=C(C=Cc1ccccc1Cl)NC(=S)Nc1ccc([N+](=O)[O-])cc1O. The lowest BCUT2D eigenvalue weighted by atomic mass is 10.2. The number of rotatable bonds is 4. The molecule has 2 aromatic carbocycles. The molecule has 2 rings (SSSR count). The third-order valence-electron chi connectivity index (χ3n) is 3.00. The number of amides is 1. The number of nitrogens with one attached hydrogen (secondary N) is 2.